The number of hydrogen-bond acceptors (Lipinski definition) is 5. The second kappa shape index (κ2) is 9.96. The smallest absolute Gasteiger partial charge is 0.241 e. The SMILES string of the molecule is CSCC[C@H](N)C(=O)Nc1ccc(CC(=O)N2CCSCC2)cc1. The predicted octanol–water partition coefficient (Wildman–Crippen LogP) is 1.82. The predicted molar refractivity (Wildman–Crippen MR) is 104 cm³/mol. The maximum atomic E-state index is 12.2. The van der Waals surface area contributed by atoms with Crippen molar-refractivity contribution in [3.05, 3.63) is 29.8 Å². The summed E-state index contributed by atoms with van der Waals surface area (Å²) >= 11 is 3.57. The Morgan fingerprint density at radius 3 is 2.58 bits per heavy atom. The number of thioether (sulfide) groups is 2. The minimum atomic E-state index is -0.490. The van der Waals surface area contributed by atoms with Crippen molar-refractivity contribution in [2.45, 2.75) is 18.9 Å². The maximum Gasteiger partial charge on any atom is 0.241 e. The minimum absolute atomic E-state index is 0.168. The van der Waals surface area contributed by atoms with Gasteiger partial charge in [0.15, 0.2) is 0 Å². The lowest BCUT2D eigenvalue weighted by Crippen LogP contribution is -2.38. The Bertz CT molecular complexity index is 545. The van der Waals surface area contributed by atoms with Crippen molar-refractivity contribution in [3.63, 3.8) is 0 Å². The minimum Gasteiger partial charge on any atom is -0.341 e. The van der Waals surface area contributed by atoms with Gasteiger partial charge in [-0.2, -0.15) is 23.5 Å². The molecule has 132 valence electrons. The van der Waals surface area contributed by atoms with Crippen LogP contribution in [0.1, 0.15) is 12.0 Å². The van der Waals surface area contributed by atoms with Gasteiger partial charge >= 0.3 is 0 Å². The molecule has 7 heteroatoms. The molecule has 2 rings (SSSR count). The fourth-order valence-corrected chi connectivity index (χ4v) is 3.81. The second-order valence-electron chi connectivity index (χ2n) is 5.74. The van der Waals surface area contributed by atoms with Gasteiger partial charge in [-0.3, -0.25) is 9.59 Å². The Hall–Kier alpha value is -1.18. The number of rotatable bonds is 7. The molecule has 1 saturated heterocycles. The Kier molecular flexibility index (Phi) is 7.94. The summed E-state index contributed by atoms with van der Waals surface area (Å²) in [5, 5.41) is 2.82. The molecule has 0 unspecified atom stereocenters. The van der Waals surface area contributed by atoms with Gasteiger partial charge in [0.1, 0.15) is 0 Å². The number of benzene rings is 1. The second-order valence-corrected chi connectivity index (χ2v) is 7.95. The highest BCUT2D eigenvalue weighted by Gasteiger charge is 2.17. The van der Waals surface area contributed by atoms with Gasteiger partial charge < -0.3 is 16.0 Å². The molecular formula is C17H25N3O2S2. The van der Waals surface area contributed by atoms with Crippen molar-refractivity contribution >= 4 is 41.0 Å². The monoisotopic (exact) mass is 367 g/mol. The van der Waals surface area contributed by atoms with Crippen LogP contribution in [0.25, 0.3) is 0 Å². The van der Waals surface area contributed by atoms with E-state index in [1.807, 2.05) is 47.2 Å². The van der Waals surface area contributed by atoms with Crippen LogP contribution < -0.4 is 11.1 Å². The van der Waals surface area contributed by atoms with Crippen molar-refractivity contribution in [3.8, 4) is 0 Å². The molecule has 1 atom stereocenters. The fourth-order valence-electron chi connectivity index (χ4n) is 2.42. The van der Waals surface area contributed by atoms with E-state index in [1.54, 1.807) is 11.8 Å². The van der Waals surface area contributed by atoms with Crippen molar-refractivity contribution in [1.82, 2.24) is 4.90 Å². The van der Waals surface area contributed by atoms with Crippen molar-refractivity contribution < 1.29 is 9.59 Å². The highest BCUT2D eigenvalue weighted by Crippen LogP contribution is 2.14. The van der Waals surface area contributed by atoms with Crippen LogP contribution in [-0.2, 0) is 16.0 Å². The van der Waals surface area contributed by atoms with Crippen LogP contribution in [0.2, 0.25) is 0 Å². The Morgan fingerprint density at radius 1 is 1.29 bits per heavy atom. The van der Waals surface area contributed by atoms with Crippen LogP contribution in [0.3, 0.4) is 0 Å². The van der Waals surface area contributed by atoms with E-state index < -0.39 is 6.04 Å². The summed E-state index contributed by atoms with van der Waals surface area (Å²) < 4.78 is 0. The molecule has 5 nitrogen and oxygen atoms in total. The van der Waals surface area contributed by atoms with E-state index >= 15 is 0 Å². The van der Waals surface area contributed by atoms with Gasteiger partial charge in [0, 0.05) is 30.3 Å². The standard InChI is InChI=1S/C17H25N3O2S2/c1-23-9-6-15(18)17(22)19-14-4-2-13(3-5-14)12-16(21)20-7-10-24-11-8-20/h2-5,15H,6-12,18H2,1H3,(H,19,22)/t15-/m0/s1. The van der Waals surface area contributed by atoms with E-state index in [-0.39, 0.29) is 11.8 Å². The van der Waals surface area contributed by atoms with E-state index in [4.69, 9.17) is 5.73 Å². The molecule has 1 fully saturated rings. The van der Waals surface area contributed by atoms with Crippen LogP contribution in [0.4, 0.5) is 5.69 Å². The van der Waals surface area contributed by atoms with E-state index in [0.717, 1.165) is 35.9 Å². The molecule has 0 radical (unpaired) electrons. The van der Waals surface area contributed by atoms with Gasteiger partial charge in [0.2, 0.25) is 11.8 Å². The van der Waals surface area contributed by atoms with Crippen molar-refractivity contribution in [2.75, 3.05) is 41.9 Å². The maximum absolute atomic E-state index is 12.2. The van der Waals surface area contributed by atoms with Crippen LogP contribution >= 0.6 is 23.5 Å². The molecular weight excluding hydrogens is 342 g/mol. The number of nitrogens with zero attached hydrogens (tertiary/aromatic N) is 1. The first kappa shape index (κ1) is 19.1. The van der Waals surface area contributed by atoms with Crippen LogP contribution in [0.15, 0.2) is 24.3 Å². The third kappa shape index (κ3) is 6.03. The molecule has 3 N–H and O–H groups in total. The zero-order valence-corrected chi connectivity index (χ0v) is 15.6. The highest BCUT2D eigenvalue weighted by molar-refractivity contribution is 7.99. The zero-order chi connectivity index (χ0) is 17.4. The topological polar surface area (TPSA) is 75.4 Å². The molecule has 0 bridgehead atoms. The summed E-state index contributed by atoms with van der Waals surface area (Å²) in [5.41, 5.74) is 7.53. The van der Waals surface area contributed by atoms with Crippen LogP contribution in [0.5, 0.6) is 0 Å². The average molecular weight is 368 g/mol. The molecule has 1 aliphatic rings. The summed E-state index contributed by atoms with van der Waals surface area (Å²) in [6, 6.07) is 6.94. The summed E-state index contributed by atoms with van der Waals surface area (Å²) in [6.45, 7) is 1.68. The van der Waals surface area contributed by atoms with Gasteiger partial charge in [-0.25, -0.2) is 0 Å². The first-order valence-electron chi connectivity index (χ1n) is 8.10. The Balaban J connectivity index is 1.83. The van der Waals surface area contributed by atoms with E-state index in [0.29, 0.717) is 18.5 Å². The largest absolute Gasteiger partial charge is 0.341 e. The third-order valence-corrected chi connectivity index (χ3v) is 5.50. The summed E-state index contributed by atoms with van der Waals surface area (Å²) in [6.07, 6.45) is 3.06. The summed E-state index contributed by atoms with van der Waals surface area (Å²) in [4.78, 5) is 26.2. The first-order valence-corrected chi connectivity index (χ1v) is 10.6. The molecule has 1 aromatic rings. The third-order valence-electron chi connectivity index (χ3n) is 3.91. The molecule has 2 amide bonds. The van der Waals surface area contributed by atoms with Gasteiger partial charge in [0.25, 0.3) is 0 Å². The lowest BCUT2D eigenvalue weighted by molar-refractivity contribution is -0.130. The zero-order valence-electron chi connectivity index (χ0n) is 14.0. The Labute approximate surface area is 152 Å². The van der Waals surface area contributed by atoms with Crippen LogP contribution in [0, 0.1) is 0 Å². The van der Waals surface area contributed by atoms with Gasteiger partial charge in [-0.05, 0) is 36.1 Å². The number of anilines is 1. The lowest BCUT2D eigenvalue weighted by atomic mass is 10.1. The number of nitrogens with two attached hydrogens (primary N) is 1. The molecule has 0 aliphatic carbocycles. The van der Waals surface area contributed by atoms with Crippen LogP contribution in [-0.4, -0.2) is 59.4 Å². The van der Waals surface area contributed by atoms with Gasteiger partial charge in [-0.1, -0.05) is 12.1 Å². The Morgan fingerprint density at radius 2 is 1.96 bits per heavy atom. The summed E-state index contributed by atoms with van der Waals surface area (Å²) in [5.74, 6) is 2.91. The van der Waals surface area contributed by atoms with E-state index in [1.165, 1.54) is 0 Å². The summed E-state index contributed by atoms with van der Waals surface area (Å²) in [7, 11) is 0. The van der Waals surface area contributed by atoms with Gasteiger partial charge in [-0.15, -0.1) is 0 Å². The number of carbonyl (C=O) groups excluding carboxylic acids is 2. The number of hydrogen-bond donors (Lipinski definition) is 2. The quantitative estimate of drug-likeness (QED) is 0.769. The molecule has 1 aromatic carbocycles. The molecule has 0 saturated carbocycles. The van der Waals surface area contributed by atoms with E-state index in [2.05, 4.69) is 5.32 Å². The first-order chi connectivity index (χ1) is 11.6. The normalized spacial score (nSPS) is 15.8. The highest BCUT2D eigenvalue weighted by atomic mass is 32.2. The molecule has 1 heterocycles. The number of amides is 2. The fraction of sp³-hybridized carbons (Fsp3) is 0.529. The van der Waals surface area contributed by atoms with Crippen molar-refractivity contribution in [2.24, 2.45) is 5.73 Å². The number of carbonyl (C=O) groups is 2. The number of nitrogens with one attached hydrogen (secondary N) is 1. The molecule has 0 spiro atoms. The van der Waals surface area contributed by atoms with E-state index in [9.17, 15) is 9.59 Å². The molecule has 24 heavy (non-hydrogen) atoms. The molecule has 0 aromatic heterocycles. The molecule has 1 aliphatic heterocycles. The average Bonchev–Trinajstić information content (AvgIpc) is 2.62. The van der Waals surface area contributed by atoms with Crippen molar-refractivity contribution in [1.29, 1.82) is 0 Å². The van der Waals surface area contributed by atoms with Gasteiger partial charge in [0.05, 0.1) is 12.5 Å². The lowest BCUT2D eigenvalue weighted by Gasteiger charge is -2.26.